The molecule has 0 amide bonds. The van der Waals surface area contributed by atoms with Crippen LogP contribution in [-0.4, -0.2) is 48.6 Å². The molecule has 1 rings (SSSR count). The third-order valence-electron chi connectivity index (χ3n) is 2.93. The maximum absolute atomic E-state index is 4.35. The summed E-state index contributed by atoms with van der Waals surface area (Å²) >= 11 is 0. The molecule has 5 nitrogen and oxygen atoms in total. The fourth-order valence-corrected chi connectivity index (χ4v) is 1.84. The van der Waals surface area contributed by atoms with Crippen molar-refractivity contribution < 1.29 is 0 Å². The smallest absolute Gasteiger partial charge is 0.134 e. The quantitative estimate of drug-likeness (QED) is 0.774. The first-order valence-corrected chi connectivity index (χ1v) is 6.51. The summed E-state index contributed by atoms with van der Waals surface area (Å²) in [5.74, 6) is 1.86. The lowest BCUT2D eigenvalue weighted by Crippen LogP contribution is -2.24. The van der Waals surface area contributed by atoms with Crippen molar-refractivity contribution in [3.63, 3.8) is 0 Å². The van der Waals surface area contributed by atoms with Crippen LogP contribution in [0.3, 0.4) is 0 Å². The van der Waals surface area contributed by atoms with Gasteiger partial charge in [-0.1, -0.05) is 6.92 Å². The average molecular weight is 251 g/mol. The predicted molar refractivity (Wildman–Crippen MR) is 77.2 cm³/mol. The van der Waals surface area contributed by atoms with E-state index < -0.39 is 0 Å². The molecule has 0 saturated carbocycles. The van der Waals surface area contributed by atoms with Gasteiger partial charge in [0.25, 0.3) is 0 Å². The Hall–Kier alpha value is -1.36. The maximum atomic E-state index is 4.35. The number of anilines is 2. The molecule has 0 bridgehead atoms. The van der Waals surface area contributed by atoms with E-state index in [1.165, 1.54) is 0 Å². The first-order valence-electron chi connectivity index (χ1n) is 6.51. The zero-order valence-electron chi connectivity index (χ0n) is 12.1. The lowest BCUT2D eigenvalue weighted by Gasteiger charge is -2.19. The van der Waals surface area contributed by atoms with Crippen molar-refractivity contribution in [2.24, 2.45) is 0 Å². The van der Waals surface area contributed by atoms with Gasteiger partial charge in [-0.3, -0.25) is 0 Å². The molecule has 1 aromatic rings. The molecule has 0 aliphatic rings. The highest BCUT2D eigenvalue weighted by atomic mass is 15.1. The van der Waals surface area contributed by atoms with Crippen LogP contribution in [0.2, 0.25) is 0 Å². The van der Waals surface area contributed by atoms with Crippen molar-refractivity contribution in [1.29, 1.82) is 0 Å². The fourth-order valence-electron chi connectivity index (χ4n) is 1.84. The topological polar surface area (TPSA) is 53.1 Å². The van der Waals surface area contributed by atoms with Crippen LogP contribution < -0.4 is 10.6 Å². The summed E-state index contributed by atoms with van der Waals surface area (Å²) < 4.78 is 0. The van der Waals surface area contributed by atoms with Gasteiger partial charge in [0.2, 0.25) is 0 Å². The molecular weight excluding hydrogens is 226 g/mol. The van der Waals surface area contributed by atoms with Gasteiger partial charge in [0.05, 0.1) is 0 Å². The summed E-state index contributed by atoms with van der Waals surface area (Å²) in [6.07, 6.45) is 3.61. The zero-order chi connectivity index (χ0) is 13.5. The molecule has 0 aliphatic heterocycles. The summed E-state index contributed by atoms with van der Waals surface area (Å²) in [5.41, 5.74) is 1.15. The van der Waals surface area contributed by atoms with Crippen LogP contribution in [0, 0.1) is 0 Å². The third-order valence-corrected chi connectivity index (χ3v) is 2.93. The SMILES string of the molecule is CCc1c(NC)ncnc1NC(C)CCN(C)C. The van der Waals surface area contributed by atoms with Crippen molar-refractivity contribution in [3.8, 4) is 0 Å². The molecule has 0 spiro atoms. The van der Waals surface area contributed by atoms with E-state index in [0.717, 1.165) is 36.6 Å². The third kappa shape index (κ3) is 4.14. The van der Waals surface area contributed by atoms with E-state index in [2.05, 4.69) is 53.4 Å². The van der Waals surface area contributed by atoms with E-state index in [4.69, 9.17) is 0 Å². The summed E-state index contributed by atoms with van der Waals surface area (Å²) in [5, 5.41) is 6.58. The van der Waals surface area contributed by atoms with Crippen LogP contribution in [0.5, 0.6) is 0 Å². The standard InChI is InChI=1S/C13H25N5/c1-6-11-12(14-3)15-9-16-13(11)17-10(2)7-8-18(4)5/h9-10H,6-8H2,1-5H3,(H2,14,15,16,17). The van der Waals surface area contributed by atoms with Crippen LogP contribution in [0.15, 0.2) is 6.33 Å². The first-order chi connectivity index (χ1) is 8.58. The minimum atomic E-state index is 0.400. The number of nitrogens with zero attached hydrogens (tertiary/aromatic N) is 3. The summed E-state index contributed by atoms with van der Waals surface area (Å²) in [4.78, 5) is 10.8. The average Bonchev–Trinajstić information content (AvgIpc) is 2.36. The van der Waals surface area contributed by atoms with Gasteiger partial charge in [-0.2, -0.15) is 0 Å². The van der Waals surface area contributed by atoms with Crippen LogP contribution >= 0.6 is 0 Å². The second-order valence-corrected chi connectivity index (χ2v) is 4.79. The van der Waals surface area contributed by atoms with Gasteiger partial charge in [-0.25, -0.2) is 9.97 Å². The number of nitrogens with one attached hydrogen (secondary N) is 2. The Kier molecular flexibility index (Phi) is 5.85. The zero-order valence-corrected chi connectivity index (χ0v) is 12.1. The molecule has 0 fully saturated rings. The Morgan fingerprint density at radius 2 is 1.94 bits per heavy atom. The molecule has 102 valence electrons. The van der Waals surface area contributed by atoms with Crippen molar-refractivity contribution in [1.82, 2.24) is 14.9 Å². The van der Waals surface area contributed by atoms with Crippen LogP contribution in [-0.2, 0) is 6.42 Å². The molecule has 18 heavy (non-hydrogen) atoms. The van der Waals surface area contributed by atoms with Crippen molar-refractivity contribution >= 4 is 11.6 Å². The second kappa shape index (κ2) is 7.16. The van der Waals surface area contributed by atoms with Crippen LogP contribution in [0.1, 0.15) is 25.8 Å². The predicted octanol–water partition coefficient (Wildman–Crippen LogP) is 1.83. The Bertz CT molecular complexity index is 364. The fraction of sp³-hybridized carbons (Fsp3) is 0.692. The van der Waals surface area contributed by atoms with Gasteiger partial charge in [-0.05, 0) is 40.4 Å². The summed E-state index contributed by atoms with van der Waals surface area (Å²) in [6.45, 7) is 5.37. The van der Waals surface area contributed by atoms with E-state index in [1.807, 2.05) is 7.05 Å². The first kappa shape index (κ1) is 14.7. The largest absolute Gasteiger partial charge is 0.373 e. The Morgan fingerprint density at radius 1 is 1.28 bits per heavy atom. The second-order valence-electron chi connectivity index (χ2n) is 4.79. The Morgan fingerprint density at radius 3 is 2.50 bits per heavy atom. The molecule has 0 aromatic carbocycles. The van der Waals surface area contributed by atoms with Gasteiger partial charge >= 0.3 is 0 Å². The maximum Gasteiger partial charge on any atom is 0.134 e. The van der Waals surface area contributed by atoms with E-state index in [1.54, 1.807) is 6.33 Å². The molecule has 1 aromatic heterocycles. The molecule has 2 N–H and O–H groups in total. The molecule has 1 atom stereocenters. The van der Waals surface area contributed by atoms with Crippen molar-refractivity contribution in [2.45, 2.75) is 32.7 Å². The Labute approximate surface area is 110 Å². The molecule has 0 radical (unpaired) electrons. The van der Waals surface area contributed by atoms with Crippen LogP contribution in [0.4, 0.5) is 11.6 Å². The van der Waals surface area contributed by atoms with Crippen LogP contribution in [0.25, 0.3) is 0 Å². The molecule has 5 heteroatoms. The van der Waals surface area contributed by atoms with Gasteiger partial charge in [0.1, 0.15) is 18.0 Å². The van der Waals surface area contributed by atoms with E-state index in [-0.39, 0.29) is 0 Å². The molecular formula is C13H25N5. The molecule has 1 heterocycles. The van der Waals surface area contributed by atoms with Gasteiger partial charge < -0.3 is 15.5 Å². The highest BCUT2D eigenvalue weighted by molar-refractivity contribution is 5.57. The lowest BCUT2D eigenvalue weighted by molar-refractivity contribution is 0.390. The monoisotopic (exact) mass is 251 g/mol. The Balaban J connectivity index is 2.71. The molecule has 0 saturated heterocycles. The van der Waals surface area contributed by atoms with E-state index in [9.17, 15) is 0 Å². The number of aromatic nitrogens is 2. The minimum absolute atomic E-state index is 0.400. The summed E-state index contributed by atoms with van der Waals surface area (Å²) in [6, 6.07) is 0.400. The number of hydrogen-bond acceptors (Lipinski definition) is 5. The molecule has 1 unspecified atom stereocenters. The van der Waals surface area contributed by atoms with Crippen molar-refractivity contribution in [2.75, 3.05) is 38.3 Å². The number of rotatable bonds is 7. The molecule has 0 aliphatic carbocycles. The summed E-state index contributed by atoms with van der Waals surface area (Å²) in [7, 11) is 6.07. The van der Waals surface area contributed by atoms with Gasteiger partial charge in [0, 0.05) is 18.7 Å². The normalized spacial score (nSPS) is 12.6. The van der Waals surface area contributed by atoms with Crippen molar-refractivity contribution in [3.05, 3.63) is 11.9 Å². The highest BCUT2D eigenvalue weighted by Gasteiger charge is 2.11. The highest BCUT2D eigenvalue weighted by Crippen LogP contribution is 2.20. The number of hydrogen-bond donors (Lipinski definition) is 2. The van der Waals surface area contributed by atoms with Gasteiger partial charge in [-0.15, -0.1) is 0 Å². The van der Waals surface area contributed by atoms with E-state index >= 15 is 0 Å². The van der Waals surface area contributed by atoms with E-state index in [0.29, 0.717) is 6.04 Å². The lowest BCUT2D eigenvalue weighted by atomic mass is 10.2. The van der Waals surface area contributed by atoms with Gasteiger partial charge in [0.15, 0.2) is 0 Å². The minimum Gasteiger partial charge on any atom is -0.373 e.